The molecule has 16 heteroatoms. The second kappa shape index (κ2) is 17.9. The number of carbonyl (C=O) groups excluding carboxylic acids is 2. The van der Waals surface area contributed by atoms with E-state index in [9.17, 15) is 22.9 Å². The van der Waals surface area contributed by atoms with E-state index in [4.69, 9.17) is 4.74 Å². The Kier molecular flexibility index (Phi) is 12.6. The van der Waals surface area contributed by atoms with Crippen LogP contribution in [0.25, 0.3) is 10.2 Å². The van der Waals surface area contributed by atoms with Gasteiger partial charge in [0.2, 0.25) is 15.9 Å². The number of benzene rings is 3. The van der Waals surface area contributed by atoms with Gasteiger partial charge in [-0.1, -0.05) is 65.8 Å². The number of nitrogens with one attached hydrogen (secondary N) is 2. The third-order valence-corrected chi connectivity index (χ3v) is 11.9. The molecule has 0 bridgehead atoms. The average molecular weight is 779 g/mol. The maximum absolute atomic E-state index is 14.5. The summed E-state index contributed by atoms with van der Waals surface area (Å²) < 4.78 is 35.8. The molecule has 2 atom stereocenters. The van der Waals surface area contributed by atoms with Crippen molar-refractivity contribution in [3.63, 3.8) is 0 Å². The molecule has 0 radical (unpaired) electrons. The first-order valence-electron chi connectivity index (χ1n) is 17.3. The summed E-state index contributed by atoms with van der Waals surface area (Å²) in [5.41, 5.74) is 6.01. The van der Waals surface area contributed by atoms with E-state index in [1.54, 1.807) is 43.0 Å². The molecular weight excluding hydrogens is 741 g/mol. The van der Waals surface area contributed by atoms with E-state index in [0.717, 1.165) is 11.1 Å². The minimum atomic E-state index is -4.20. The number of aromatic nitrogens is 4. The summed E-state index contributed by atoms with van der Waals surface area (Å²) >= 11 is 1.32. The van der Waals surface area contributed by atoms with Gasteiger partial charge in [-0.25, -0.2) is 28.2 Å². The topological polar surface area (TPSA) is 186 Å². The molecule has 282 valence electrons. The highest BCUT2D eigenvalue weighted by Crippen LogP contribution is 2.31. The number of nitrogens with zero attached hydrogens (tertiary/aromatic N) is 6. The summed E-state index contributed by atoms with van der Waals surface area (Å²) in [4.78, 5) is 55.8. The highest BCUT2D eigenvalue weighted by molar-refractivity contribution is 7.89. The van der Waals surface area contributed by atoms with E-state index in [-0.39, 0.29) is 30.8 Å². The van der Waals surface area contributed by atoms with Crippen molar-refractivity contribution >= 4 is 49.3 Å². The zero-order valence-corrected chi connectivity index (χ0v) is 31.6. The van der Waals surface area contributed by atoms with Gasteiger partial charge in [0.15, 0.2) is 0 Å². The molecule has 14 nitrogen and oxygen atoms in total. The lowest BCUT2D eigenvalue weighted by Gasteiger charge is -2.30. The molecule has 0 aliphatic heterocycles. The molecule has 2 N–H and O–H groups in total. The molecular formula is C39H38N8O6S2. The Morgan fingerprint density at radius 1 is 0.927 bits per heavy atom. The molecule has 0 aliphatic rings. The Balaban J connectivity index is 1.31. The van der Waals surface area contributed by atoms with Crippen LogP contribution < -0.4 is 10.6 Å². The number of thiazole rings is 1. The molecule has 3 heterocycles. The summed E-state index contributed by atoms with van der Waals surface area (Å²) in [6.45, 7) is 1.30. The number of sulfonamides is 1. The molecule has 3 aromatic carbocycles. The van der Waals surface area contributed by atoms with Crippen molar-refractivity contribution < 1.29 is 22.7 Å². The van der Waals surface area contributed by atoms with Crippen molar-refractivity contribution in [1.82, 2.24) is 29.6 Å². The van der Waals surface area contributed by atoms with Crippen molar-refractivity contribution in [2.45, 2.75) is 49.2 Å². The Labute approximate surface area is 322 Å². The lowest BCUT2D eigenvalue weighted by molar-refractivity contribution is -0.118. The van der Waals surface area contributed by atoms with Gasteiger partial charge >= 0.3 is 6.09 Å². The highest BCUT2D eigenvalue weighted by atomic mass is 32.2. The van der Waals surface area contributed by atoms with Crippen LogP contribution in [0.4, 0.5) is 10.5 Å². The molecule has 0 aliphatic carbocycles. The Bertz CT molecular complexity index is 2320. The number of ether oxygens (including phenoxy) is 1. The van der Waals surface area contributed by atoms with Crippen molar-refractivity contribution in [2.24, 2.45) is 5.18 Å². The summed E-state index contributed by atoms with van der Waals surface area (Å²) in [5, 5.41) is 8.84. The number of aryl methyl sites for hydroxylation is 2. The monoisotopic (exact) mass is 778 g/mol. The van der Waals surface area contributed by atoms with Gasteiger partial charge in [-0.2, -0.15) is 9.21 Å². The standard InChI is InChI=1S/C39H38N8O6S2/c1-26-30(20-41-24-42-26)23-47(55(51,52)32-15-16-33-35(19-32)54-25-43-33)31(21-44-50)14-13-27-17-18-40-22-34(27)45-38(48)37(46-39(49)53-2)36(28-9-5-3-6-10-28)29-11-7-4-8-12-29/h3-12,15-20,22,24-25,31,36-37H,13-14,21,23H2,1-2H3,(H,45,48)(H,46,49). The van der Waals surface area contributed by atoms with Gasteiger partial charge in [0.1, 0.15) is 12.4 Å². The van der Waals surface area contributed by atoms with Crippen LogP contribution in [0.3, 0.4) is 0 Å². The first-order valence-corrected chi connectivity index (χ1v) is 19.6. The van der Waals surface area contributed by atoms with Crippen LogP contribution in [0.15, 0.2) is 125 Å². The fourth-order valence-electron chi connectivity index (χ4n) is 6.37. The van der Waals surface area contributed by atoms with Gasteiger partial charge in [0.05, 0.1) is 46.2 Å². The lowest BCUT2D eigenvalue weighted by Crippen LogP contribution is -2.48. The molecule has 0 saturated heterocycles. The lowest BCUT2D eigenvalue weighted by atomic mass is 9.84. The first kappa shape index (κ1) is 38.7. The smallest absolute Gasteiger partial charge is 0.407 e. The van der Waals surface area contributed by atoms with Crippen LogP contribution in [-0.2, 0) is 32.5 Å². The van der Waals surface area contributed by atoms with Gasteiger partial charge in [0, 0.05) is 42.2 Å². The quantitative estimate of drug-likeness (QED) is 0.107. The zero-order valence-electron chi connectivity index (χ0n) is 30.0. The van der Waals surface area contributed by atoms with E-state index in [1.807, 2.05) is 60.7 Å². The van der Waals surface area contributed by atoms with Gasteiger partial charge < -0.3 is 15.4 Å². The number of methoxy groups -OCH3 is 1. The normalized spacial score (nSPS) is 12.7. The third-order valence-electron chi connectivity index (χ3n) is 9.25. The number of pyridine rings is 1. The second-order valence-corrected chi connectivity index (χ2v) is 15.4. The molecule has 0 fully saturated rings. The number of carbonyl (C=O) groups is 2. The largest absolute Gasteiger partial charge is 0.453 e. The van der Waals surface area contributed by atoms with Crippen LogP contribution in [0.1, 0.15) is 40.3 Å². The number of hydrogen-bond acceptors (Lipinski definition) is 12. The van der Waals surface area contributed by atoms with E-state index in [0.29, 0.717) is 32.7 Å². The zero-order chi connectivity index (χ0) is 38.8. The van der Waals surface area contributed by atoms with Crippen LogP contribution in [0, 0.1) is 11.8 Å². The van der Waals surface area contributed by atoms with E-state index in [1.165, 1.54) is 41.3 Å². The third kappa shape index (κ3) is 9.23. The second-order valence-electron chi connectivity index (χ2n) is 12.6. The number of rotatable bonds is 16. The predicted octanol–water partition coefficient (Wildman–Crippen LogP) is 6.24. The summed E-state index contributed by atoms with van der Waals surface area (Å²) in [6, 6.07) is 23.1. The molecule has 0 saturated carbocycles. The molecule has 0 spiro atoms. The molecule has 2 unspecified atom stereocenters. The molecule has 6 rings (SSSR count). The maximum atomic E-state index is 14.5. The Morgan fingerprint density at radius 2 is 1.65 bits per heavy atom. The predicted molar refractivity (Wildman–Crippen MR) is 209 cm³/mol. The molecule has 55 heavy (non-hydrogen) atoms. The highest BCUT2D eigenvalue weighted by Gasteiger charge is 2.35. The minimum Gasteiger partial charge on any atom is -0.453 e. The number of amides is 2. The summed E-state index contributed by atoms with van der Waals surface area (Å²) in [6.07, 6.45) is 5.55. The first-order chi connectivity index (χ1) is 26.7. The van der Waals surface area contributed by atoms with Crippen molar-refractivity contribution in [3.05, 3.63) is 148 Å². The van der Waals surface area contributed by atoms with Gasteiger partial charge in [-0.3, -0.25) is 9.78 Å². The number of alkyl carbamates (subject to hydrolysis) is 1. The summed E-state index contributed by atoms with van der Waals surface area (Å²) in [7, 11) is -2.98. The SMILES string of the molecule is COC(=O)NC(C(=O)Nc1cnccc1CCC(CN=O)N(Cc1cncnc1C)S(=O)(=O)c1ccc2ncsc2c1)C(c1ccccc1)c1ccccc1. The van der Waals surface area contributed by atoms with Crippen molar-refractivity contribution in [2.75, 3.05) is 19.0 Å². The van der Waals surface area contributed by atoms with E-state index >= 15 is 0 Å². The van der Waals surface area contributed by atoms with Crippen LogP contribution in [-0.4, -0.2) is 70.4 Å². The molecule has 2 amide bonds. The van der Waals surface area contributed by atoms with Gasteiger partial charge in [0.25, 0.3) is 0 Å². The van der Waals surface area contributed by atoms with E-state index in [2.05, 4.69) is 35.7 Å². The van der Waals surface area contributed by atoms with Crippen LogP contribution in [0.5, 0.6) is 0 Å². The Hall–Kier alpha value is -5.97. The van der Waals surface area contributed by atoms with E-state index < -0.39 is 40.0 Å². The van der Waals surface area contributed by atoms with Crippen molar-refractivity contribution in [3.8, 4) is 0 Å². The van der Waals surface area contributed by atoms with Crippen LogP contribution >= 0.6 is 11.3 Å². The van der Waals surface area contributed by atoms with Gasteiger partial charge in [-0.15, -0.1) is 11.3 Å². The fourth-order valence-corrected chi connectivity index (χ4v) is 8.81. The number of anilines is 1. The molecule has 6 aromatic rings. The average Bonchev–Trinajstić information content (AvgIpc) is 3.69. The van der Waals surface area contributed by atoms with Crippen LogP contribution in [0.2, 0.25) is 0 Å². The summed E-state index contributed by atoms with van der Waals surface area (Å²) in [5.74, 6) is -1.14. The Morgan fingerprint density at radius 3 is 2.33 bits per heavy atom. The van der Waals surface area contributed by atoms with Gasteiger partial charge in [-0.05, 0) is 60.7 Å². The number of nitroso groups, excluding NO2 is 1. The fraction of sp³-hybridized carbons (Fsp3) is 0.231. The molecule has 3 aromatic heterocycles. The van der Waals surface area contributed by atoms with Crippen molar-refractivity contribution in [1.29, 1.82) is 0 Å². The number of fused-ring (bicyclic) bond motifs is 1. The minimum absolute atomic E-state index is 0.0436. The number of hydrogen-bond donors (Lipinski definition) is 2. The maximum Gasteiger partial charge on any atom is 0.407 e.